The third-order valence-corrected chi connectivity index (χ3v) is 7.36. The number of likely N-dealkylation sites (tertiary alicyclic amines) is 2. The minimum atomic E-state index is -3.24. The van der Waals surface area contributed by atoms with Crippen LogP contribution in [-0.4, -0.2) is 67.6 Å². The third-order valence-electron chi connectivity index (χ3n) is 5.49. The van der Waals surface area contributed by atoms with Crippen LogP contribution in [0.3, 0.4) is 0 Å². The summed E-state index contributed by atoms with van der Waals surface area (Å²) in [6, 6.07) is 0.483. The number of piperidine rings is 1. The Morgan fingerprint density at radius 1 is 1.21 bits per heavy atom. The molecule has 2 aliphatic heterocycles. The fourth-order valence-corrected chi connectivity index (χ4v) is 4.85. The van der Waals surface area contributed by atoms with Gasteiger partial charge in [0.1, 0.15) is 0 Å². The first-order chi connectivity index (χ1) is 11.2. The van der Waals surface area contributed by atoms with Crippen LogP contribution >= 0.6 is 0 Å². The van der Waals surface area contributed by atoms with Gasteiger partial charge >= 0.3 is 0 Å². The first kappa shape index (κ1) is 19.7. The molecule has 2 rings (SSSR count). The average molecular weight is 360 g/mol. The molecular formula is C17H33N3O3S. The molecule has 0 bridgehead atoms. The molecule has 140 valence electrons. The van der Waals surface area contributed by atoms with Gasteiger partial charge in [-0.25, -0.2) is 13.1 Å². The molecule has 2 fully saturated rings. The number of nitrogens with zero attached hydrogens (tertiary/aromatic N) is 2. The number of carbonyl (C=O) groups excluding carboxylic acids is 1. The zero-order valence-electron chi connectivity index (χ0n) is 15.5. The first-order valence-electron chi connectivity index (χ1n) is 9.25. The van der Waals surface area contributed by atoms with E-state index in [2.05, 4.69) is 16.5 Å². The van der Waals surface area contributed by atoms with Gasteiger partial charge < -0.3 is 4.90 Å². The Morgan fingerprint density at radius 2 is 1.83 bits per heavy atom. The summed E-state index contributed by atoms with van der Waals surface area (Å²) in [6.45, 7) is 10.6. The molecule has 24 heavy (non-hydrogen) atoms. The van der Waals surface area contributed by atoms with E-state index in [-0.39, 0.29) is 11.9 Å². The summed E-state index contributed by atoms with van der Waals surface area (Å²) in [4.78, 5) is 15.8. The van der Waals surface area contributed by atoms with Crippen molar-refractivity contribution in [3.8, 4) is 0 Å². The van der Waals surface area contributed by atoms with Gasteiger partial charge in [0.05, 0.1) is 5.25 Å². The van der Waals surface area contributed by atoms with Gasteiger partial charge in [0.25, 0.3) is 0 Å². The molecule has 1 N–H and O–H groups in total. The summed E-state index contributed by atoms with van der Waals surface area (Å²) < 4.78 is 27.5. The van der Waals surface area contributed by atoms with E-state index >= 15 is 0 Å². The highest BCUT2D eigenvalue weighted by Gasteiger charge is 2.39. The lowest BCUT2D eigenvalue weighted by Gasteiger charge is -2.36. The van der Waals surface area contributed by atoms with Crippen LogP contribution in [-0.2, 0) is 14.8 Å². The average Bonchev–Trinajstić information content (AvgIpc) is 2.90. The smallest absolute Gasteiger partial charge is 0.219 e. The zero-order valence-corrected chi connectivity index (χ0v) is 16.3. The van der Waals surface area contributed by atoms with Crippen LogP contribution in [0.5, 0.6) is 0 Å². The lowest BCUT2D eigenvalue weighted by atomic mass is 9.99. The number of nitrogens with one attached hydrogen (secondary N) is 1. The van der Waals surface area contributed by atoms with Crippen LogP contribution in [0.4, 0.5) is 0 Å². The number of carbonyl (C=O) groups is 1. The van der Waals surface area contributed by atoms with Gasteiger partial charge in [0.2, 0.25) is 15.9 Å². The fraction of sp³-hybridized carbons (Fsp3) is 0.941. The van der Waals surface area contributed by atoms with Gasteiger partial charge in [-0.05, 0) is 39.0 Å². The number of hydrogen-bond acceptors (Lipinski definition) is 4. The summed E-state index contributed by atoms with van der Waals surface area (Å²) in [6.07, 6.45) is 4.10. The Labute approximate surface area is 147 Å². The molecule has 0 radical (unpaired) electrons. The minimum absolute atomic E-state index is 0.0168. The molecule has 0 saturated carbocycles. The van der Waals surface area contributed by atoms with Crippen LogP contribution in [0.25, 0.3) is 0 Å². The van der Waals surface area contributed by atoms with Crippen molar-refractivity contribution in [2.45, 2.75) is 70.7 Å². The molecule has 2 aliphatic rings. The van der Waals surface area contributed by atoms with E-state index in [1.165, 1.54) is 0 Å². The van der Waals surface area contributed by atoms with Crippen molar-refractivity contribution in [1.29, 1.82) is 0 Å². The number of amides is 1. The molecule has 0 aromatic carbocycles. The summed E-state index contributed by atoms with van der Waals surface area (Å²) in [5.41, 5.74) is 0. The first-order valence-corrected chi connectivity index (χ1v) is 10.8. The van der Waals surface area contributed by atoms with Gasteiger partial charge in [-0.15, -0.1) is 0 Å². The van der Waals surface area contributed by atoms with E-state index in [9.17, 15) is 13.2 Å². The largest absolute Gasteiger partial charge is 0.343 e. The van der Waals surface area contributed by atoms with Crippen molar-refractivity contribution in [2.24, 2.45) is 5.92 Å². The molecule has 2 atom stereocenters. The van der Waals surface area contributed by atoms with Crippen molar-refractivity contribution < 1.29 is 13.2 Å². The second kappa shape index (κ2) is 8.15. The molecule has 6 nitrogen and oxygen atoms in total. The quantitative estimate of drug-likeness (QED) is 0.779. The van der Waals surface area contributed by atoms with Crippen LogP contribution < -0.4 is 4.72 Å². The molecule has 0 aromatic heterocycles. The second-order valence-electron chi connectivity index (χ2n) is 7.56. The monoisotopic (exact) mass is 359 g/mol. The minimum Gasteiger partial charge on any atom is -0.343 e. The van der Waals surface area contributed by atoms with Crippen molar-refractivity contribution >= 4 is 15.9 Å². The van der Waals surface area contributed by atoms with E-state index < -0.39 is 15.3 Å². The van der Waals surface area contributed by atoms with Gasteiger partial charge in [-0.3, -0.25) is 9.69 Å². The predicted molar refractivity (Wildman–Crippen MR) is 96.2 cm³/mol. The molecule has 7 heteroatoms. The Balaban J connectivity index is 1.98. The Bertz CT molecular complexity index is 527. The summed E-state index contributed by atoms with van der Waals surface area (Å²) in [7, 11) is -3.24. The highest BCUT2D eigenvalue weighted by atomic mass is 32.2. The van der Waals surface area contributed by atoms with E-state index in [0.717, 1.165) is 51.9 Å². The zero-order chi connectivity index (χ0) is 17.9. The lowest BCUT2D eigenvalue weighted by molar-refractivity contribution is -0.130. The molecule has 0 spiro atoms. The molecule has 2 saturated heterocycles. The van der Waals surface area contributed by atoms with Gasteiger partial charge in [0.15, 0.2) is 0 Å². The molecule has 1 amide bonds. The topological polar surface area (TPSA) is 69.7 Å². The molecular weight excluding hydrogens is 326 g/mol. The number of sulfonamides is 1. The van der Waals surface area contributed by atoms with Crippen LogP contribution in [0.1, 0.15) is 53.4 Å². The SMILES string of the molecule is CCC[C@H]1CN(C2CCN(C(C)=O)CC2)C[C@@H]1NS(=O)(=O)C(C)C. The molecule has 0 unspecified atom stereocenters. The van der Waals surface area contributed by atoms with E-state index in [1.54, 1.807) is 20.8 Å². The third kappa shape index (κ3) is 4.70. The molecule has 0 aromatic rings. The summed E-state index contributed by atoms with van der Waals surface area (Å²) in [5, 5.41) is -0.396. The summed E-state index contributed by atoms with van der Waals surface area (Å²) in [5.74, 6) is 0.538. The van der Waals surface area contributed by atoms with E-state index in [0.29, 0.717) is 12.0 Å². The van der Waals surface area contributed by atoms with Crippen molar-refractivity contribution in [3.63, 3.8) is 0 Å². The van der Waals surface area contributed by atoms with Crippen molar-refractivity contribution in [1.82, 2.24) is 14.5 Å². The molecule has 2 heterocycles. The highest BCUT2D eigenvalue weighted by molar-refractivity contribution is 7.90. The van der Waals surface area contributed by atoms with Crippen molar-refractivity contribution in [2.75, 3.05) is 26.2 Å². The van der Waals surface area contributed by atoms with Crippen LogP contribution in [0.2, 0.25) is 0 Å². The predicted octanol–water partition coefficient (Wildman–Crippen LogP) is 1.43. The second-order valence-corrected chi connectivity index (χ2v) is 9.83. The van der Waals surface area contributed by atoms with E-state index in [1.807, 2.05) is 4.90 Å². The van der Waals surface area contributed by atoms with Crippen molar-refractivity contribution in [3.05, 3.63) is 0 Å². The van der Waals surface area contributed by atoms with Crippen LogP contribution in [0, 0.1) is 5.92 Å². The highest BCUT2D eigenvalue weighted by Crippen LogP contribution is 2.28. The number of rotatable bonds is 6. The van der Waals surface area contributed by atoms with Gasteiger partial charge in [0, 0.05) is 45.2 Å². The van der Waals surface area contributed by atoms with Gasteiger partial charge in [-0.1, -0.05) is 13.3 Å². The van der Waals surface area contributed by atoms with Gasteiger partial charge in [-0.2, -0.15) is 0 Å². The maximum absolute atomic E-state index is 12.3. The van der Waals surface area contributed by atoms with E-state index in [4.69, 9.17) is 0 Å². The number of hydrogen-bond donors (Lipinski definition) is 1. The molecule has 0 aliphatic carbocycles. The normalized spacial score (nSPS) is 27.1. The maximum atomic E-state index is 12.3. The summed E-state index contributed by atoms with van der Waals surface area (Å²) >= 11 is 0. The Morgan fingerprint density at radius 3 is 2.33 bits per heavy atom. The Kier molecular flexibility index (Phi) is 6.67. The van der Waals surface area contributed by atoms with Crippen LogP contribution in [0.15, 0.2) is 0 Å². The Hall–Kier alpha value is -0.660. The maximum Gasteiger partial charge on any atom is 0.219 e. The standard InChI is InChI=1S/C17H33N3O3S/c1-5-6-15-11-20(12-17(15)18-24(22,23)13(2)3)16-7-9-19(10-8-16)14(4)21/h13,15-18H,5-12H2,1-4H3/t15-,17-/m0/s1. The fourth-order valence-electron chi connectivity index (χ4n) is 3.89. The lowest BCUT2D eigenvalue weighted by Crippen LogP contribution is -2.47.